The summed E-state index contributed by atoms with van der Waals surface area (Å²) in [7, 11) is 0. The van der Waals surface area contributed by atoms with E-state index in [1.165, 1.54) is 5.56 Å². The molecule has 0 aliphatic heterocycles. The molecule has 0 amide bonds. The van der Waals surface area contributed by atoms with Crippen LogP contribution in [0.5, 0.6) is 11.5 Å². The van der Waals surface area contributed by atoms with E-state index < -0.39 is 0 Å². The monoisotopic (exact) mass is 627 g/mol. The molecule has 0 aromatic heterocycles. The van der Waals surface area contributed by atoms with Gasteiger partial charge in [-0.15, -0.1) is 0 Å². The molecule has 5 heteroatoms. The van der Waals surface area contributed by atoms with Crippen LogP contribution < -0.4 is 0 Å². The molecule has 2 N–H and O–H groups in total. The first-order valence-corrected chi connectivity index (χ1v) is 14.1. The van der Waals surface area contributed by atoms with Gasteiger partial charge in [0.2, 0.25) is 0 Å². The second-order valence-electron chi connectivity index (χ2n) is 13.3. The normalized spacial score (nSPS) is 12.8. The standard InChI is InChI=1S/C19H31NO.C15H23NO.CH3.Zr/c1-8-14(4)20-12-16-10-15(9-13(2)3)11-17(18(16)21)19(5,6)7;1-10(2)16-9-12-7-11(3)8-13(14(12)17)15(4,5)6;;/h10-14,21H,8-9H2,1-7H3;7-10,17H,1-6H3;1H3;/q;;-1;. The van der Waals surface area contributed by atoms with Gasteiger partial charge in [-0.25, -0.2) is 0 Å². The molecule has 0 heterocycles. The summed E-state index contributed by atoms with van der Waals surface area (Å²) in [4.78, 5) is 8.87. The number of phenolic OH excluding ortho intramolecular Hbond substituents is 2. The van der Waals surface area contributed by atoms with Crippen LogP contribution in [0.15, 0.2) is 34.3 Å². The van der Waals surface area contributed by atoms with Crippen molar-refractivity contribution in [1.82, 2.24) is 0 Å². The van der Waals surface area contributed by atoms with Crippen molar-refractivity contribution in [2.24, 2.45) is 15.9 Å². The van der Waals surface area contributed by atoms with E-state index >= 15 is 0 Å². The zero-order chi connectivity index (χ0) is 29.4. The molecule has 0 saturated carbocycles. The van der Waals surface area contributed by atoms with Crippen molar-refractivity contribution < 1.29 is 36.4 Å². The van der Waals surface area contributed by atoms with Crippen LogP contribution in [0.1, 0.15) is 123 Å². The minimum absolute atomic E-state index is 0. The van der Waals surface area contributed by atoms with Crippen molar-refractivity contribution in [2.45, 2.75) is 126 Å². The molecule has 0 fully saturated rings. The van der Waals surface area contributed by atoms with E-state index in [-0.39, 0.29) is 56.5 Å². The van der Waals surface area contributed by atoms with Crippen LogP contribution in [0.25, 0.3) is 0 Å². The third-order valence-corrected chi connectivity index (χ3v) is 6.31. The summed E-state index contributed by atoms with van der Waals surface area (Å²) in [6.07, 6.45) is 5.63. The fraction of sp³-hybridized carbons (Fsp3) is 0.571. The zero-order valence-corrected chi connectivity index (χ0v) is 30.4. The number of aryl methyl sites for hydroxylation is 1. The average molecular weight is 629 g/mol. The quantitative estimate of drug-likeness (QED) is 0.237. The Balaban J connectivity index is 0. The number of aromatic hydroxyl groups is 2. The van der Waals surface area contributed by atoms with Gasteiger partial charge in [-0.05, 0) is 80.5 Å². The second-order valence-corrected chi connectivity index (χ2v) is 13.3. The van der Waals surface area contributed by atoms with Crippen LogP contribution in [0.4, 0.5) is 0 Å². The van der Waals surface area contributed by atoms with Gasteiger partial charge in [0.05, 0.1) is 0 Å². The Bertz CT molecular complexity index is 1100. The number of hydrogen-bond acceptors (Lipinski definition) is 4. The summed E-state index contributed by atoms with van der Waals surface area (Å²) in [6, 6.07) is 8.77. The van der Waals surface area contributed by atoms with Crippen LogP contribution in [-0.2, 0) is 43.5 Å². The molecular weight excluding hydrogens is 572 g/mol. The predicted molar refractivity (Wildman–Crippen MR) is 173 cm³/mol. The minimum atomic E-state index is -0.0734. The van der Waals surface area contributed by atoms with Gasteiger partial charge in [0.15, 0.2) is 0 Å². The first-order valence-electron chi connectivity index (χ1n) is 14.1. The van der Waals surface area contributed by atoms with E-state index in [1.807, 2.05) is 39.1 Å². The molecule has 2 rings (SSSR count). The van der Waals surface area contributed by atoms with Crippen LogP contribution in [0, 0.1) is 20.3 Å². The summed E-state index contributed by atoms with van der Waals surface area (Å²) < 4.78 is 0. The van der Waals surface area contributed by atoms with Crippen molar-refractivity contribution in [3.8, 4) is 11.5 Å². The molecule has 1 unspecified atom stereocenters. The van der Waals surface area contributed by atoms with Crippen LogP contribution >= 0.6 is 0 Å². The third-order valence-electron chi connectivity index (χ3n) is 6.31. The Labute approximate surface area is 266 Å². The summed E-state index contributed by atoms with van der Waals surface area (Å²) in [5.74, 6) is 1.33. The first-order chi connectivity index (χ1) is 17.4. The van der Waals surface area contributed by atoms with Gasteiger partial charge in [0.1, 0.15) is 11.5 Å². The van der Waals surface area contributed by atoms with Gasteiger partial charge in [0, 0.05) is 73.0 Å². The largest absolute Gasteiger partial charge is 0.507 e. The number of benzene rings is 2. The fourth-order valence-electron chi connectivity index (χ4n) is 4.00. The Kier molecular flexibility index (Phi) is 17.4. The van der Waals surface area contributed by atoms with Gasteiger partial charge in [-0.1, -0.05) is 74.4 Å². The Morgan fingerprint density at radius 2 is 1.20 bits per heavy atom. The van der Waals surface area contributed by atoms with Gasteiger partial charge in [0.25, 0.3) is 0 Å². The van der Waals surface area contributed by atoms with E-state index in [9.17, 15) is 10.2 Å². The zero-order valence-electron chi connectivity index (χ0n) is 27.9. The van der Waals surface area contributed by atoms with Crippen molar-refractivity contribution in [2.75, 3.05) is 0 Å². The Morgan fingerprint density at radius 1 is 0.750 bits per heavy atom. The van der Waals surface area contributed by atoms with E-state index in [0.29, 0.717) is 17.4 Å². The maximum Gasteiger partial charge on any atom is 0.128 e. The Hall–Kier alpha value is -1.74. The number of rotatable bonds is 7. The number of aliphatic imine (C=N–C) groups is 2. The molecule has 0 bridgehead atoms. The summed E-state index contributed by atoms with van der Waals surface area (Å²) >= 11 is 0. The van der Waals surface area contributed by atoms with Crippen molar-refractivity contribution >= 4 is 12.4 Å². The smallest absolute Gasteiger partial charge is 0.128 e. The van der Waals surface area contributed by atoms with E-state index in [2.05, 4.69) is 91.4 Å². The third kappa shape index (κ3) is 13.3. The molecule has 224 valence electrons. The predicted octanol–water partition coefficient (Wildman–Crippen LogP) is 9.38. The molecule has 40 heavy (non-hydrogen) atoms. The van der Waals surface area contributed by atoms with Gasteiger partial charge in [-0.3, -0.25) is 9.98 Å². The fourth-order valence-corrected chi connectivity index (χ4v) is 4.00. The maximum absolute atomic E-state index is 10.6. The topological polar surface area (TPSA) is 65.2 Å². The van der Waals surface area contributed by atoms with Crippen molar-refractivity contribution in [3.05, 3.63) is 65.1 Å². The molecule has 2 aromatic rings. The number of hydrogen-bond donors (Lipinski definition) is 2. The minimum Gasteiger partial charge on any atom is -0.507 e. The SMILES string of the molecule is CCC(C)N=Cc1cc(CC(C)C)cc(C(C)(C)C)c1O.Cc1cc(C=NC(C)C)c(O)c(C(C)(C)C)c1.[CH3-].[Zr]. The molecule has 1 atom stereocenters. The summed E-state index contributed by atoms with van der Waals surface area (Å²) in [6.45, 7) is 27.5. The molecule has 0 aliphatic carbocycles. The number of phenols is 2. The maximum atomic E-state index is 10.6. The second kappa shape index (κ2) is 17.3. The molecular formula is C35H57N2O2Zr-. The Morgan fingerprint density at radius 3 is 1.62 bits per heavy atom. The molecule has 4 nitrogen and oxygen atoms in total. The molecule has 0 saturated heterocycles. The van der Waals surface area contributed by atoms with Crippen LogP contribution in [0.3, 0.4) is 0 Å². The van der Waals surface area contributed by atoms with Gasteiger partial charge >= 0.3 is 0 Å². The number of nitrogens with zero attached hydrogens (tertiary/aromatic N) is 2. The van der Waals surface area contributed by atoms with Gasteiger partial charge in [-0.2, -0.15) is 0 Å². The van der Waals surface area contributed by atoms with Crippen LogP contribution in [0.2, 0.25) is 0 Å². The molecule has 0 spiro atoms. The average Bonchev–Trinajstić information content (AvgIpc) is 2.77. The van der Waals surface area contributed by atoms with Crippen molar-refractivity contribution in [1.29, 1.82) is 0 Å². The van der Waals surface area contributed by atoms with Gasteiger partial charge < -0.3 is 17.6 Å². The molecule has 2 aromatic carbocycles. The first kappa shape index (κ1) is 40.4. The summed E-state index contributed by atoms with van der Waals surface area (Å²) in [5, 5.41) is 20.8. The van der Waals surface area contributed by atoms with E-state index in [0.717, 1.165) is 40.7 Å². The van der Waals surface area contributed by atoms with Crippen LogP contribution in [-0.4, -0.2) is 34.7 Å². The molecule has 0 radical (unpaired) electrons. The van der Waals surface area contributed by atoms with Crippen molar-refractivity contribution in [3.63, 3.8) is 0 Å². The summed E-state index contributed by atoms with van der Waals surface area (Å²) in [5.41, 5.74) is 5.93. The van der Waals surface area contributed by atoms with E-state index in [4.69, 9.17) is 0 Å². The molecule has 0 aliphatic rings. The van der Waals surface area contributed by atoms with E-state index in [1.54, 1.807) is 6.21 Å².